The molecule has 0 saturated carbocycles. The van der Waals surface area contributed by atoms with Crippen LogP contribution in [-0.4, -0.2) is 67.2 Å². The third-order valence-corrected chi connectivity index (χ3v) is 6.12. The van der Waals surface area contributed by atoms with E-state index in [2.05, 4.69) is 0 Å². The Morgan fingerprint density at radius 2 is 0.690 bits per heavy atom. The van der Waals surface area contributed by atoms with Gasteiger partial charge < -0.3 is 29.5 Å². The maximum Gasteiger partial charge on any atom is 0.336 e. The van der Waals surface area contributed by atoms with Crippen LogP contribution in [0.2, 0.25) is 0 Å². The number of nitrogens with zero attached hydrogens (tertiary/aromatic N) is 3. The van der Waals surface area contributed by atoms with Crippen molar-refractivity contribution in [2.75, 3.05) is 19.8 Å². The third kappa shape index (κ3) is 8.43. The summed E-state index contributed by atoms with van der Waals surface area (Å²) in [6.45, 7) is -2.23. The van der Waals surface area contributed by atoms with Gasteiger partial charge in [-0.15, -0.1) is 0 Å². The van der Waals surface area contributed by atoms with Crippen molar-refractivity contribution in [3.63, 3.8) is 0 Å². The van der Waals surface area contributed by atoms with E-state index in [9.17, 15) is 29.7 Å². The second-order valence-electron chi connectivity index (χ2n) is 9.51. The van der Waals surface area contributed by atoms with Crippen LogP contribution in [0.1, 0.15) is 0 Å². The van der Waals surface area contributed by atoms with Crippen LogP contribution in [0.4, 0.5) is 0 Å². The predicted octanol–water partition coefficient (Wildman–Crippen LogP) is 0.491. The van der Waals surface area contributed by atoms with E-state index in [1.165, 1.54) is 0 Å². The first-order valence-electron chi connectivity index (χ1n) is 13.3. The minimum atomic E-state index is -1.30. The van der Waals surface area contributed by atoms with E-state index < -0.39 is 55.0 Å². The molecule has 0 fully saturated rings. The topological polar surface area (TPSA) is 154 Å². The monoisotopic (exact) mass is 579 g/mol. The molecule has 0 bridgehead atoms. The van der Waals surface area contributed by atoms with E-state index in [1.54, 1.807) is 91.0 Å². The summed E-state index contributed by atoms with van der Waals surface area (Å²) in [4.78, 5) is 39.9. The van der Waals surface area contributed by atoms with Crippen LogP contribution >= 0.6 is 0 Å². The molecule has 3 N–H and O–H groups in total. The second kappa shape index (κ2) is 14.8. The SMILES string of the molecule is O=c1n(CC(O)COc2ccccc2)c(=O)n(CC(O)COc2ccccc2)c(=O)n1CC(O)COc1ccccc1. The van der Waals surface area contributed by atoms with Gasteiger partial charge in [0.05, 0.1) is 19.6 Å². The number of aliphatic hydroxyl groups is 3. The zero-order valence-corrected chi connectivity index (χ0v) is 22.8. The Morgan fingerprint density at radius 1 is 0.452 bits per heavy atom. The fraction of sp³-hybridized carbons (Fsp3) is 0.300. The molecule has 1 heterocycles. The second-order valence-corrected chi connectivity index (χ2v) is 9.51. The molecule has 3 unspecified atom stereocenters. The molecule has 0 amide bonds. The third-order valence-electron chi connectivity index (χ3n) is 6.12. The molecule has 4 rings (SSSR count). The molecule has 0 saturated heterocycles. The van der Waals surface area contributed by atoms with Gasteiger partial charge in [0.25, 0.3) is 0 Å². The van der Waals surface area contributed by atoms with Gasteiger partial charge in [-0.25, -0.2) is 28.1 Å². The molecule has 1 aromatic heterocycles. The molecule has 42 heavy (non-hydrogen) atoms. The van der Waals surface area contributed by atoms with Gasteiger partial charge in [0.2, 0.25) is 0 Å². The lowest BCUT2D eigenvalue weighted by atomic mass is 10.3. The summed E-state index contributed by atoms with van der Waals surface area (Å²) in [7, 11) is 0. The molecule has 12 heteroatoms. The first kappa shape index (κ1) is 30.3. The van der Waals surface area contributed by atoms with Gasteiger partial charge in [-0.05, 0) is 36.4 Å². The molecule has 3 atom stereocenters. The van der Waals surface area contributed by atoms with E-state index in [0.717, 1.165) is 0 Å². The first-order valence-corrected chi connectivity index (χ1v) is 13.3. The van der Waals surface area contributed by atoms with Crippen molar-refractivity contribution in [1.82, 2.24) is 13.7 Å². The Bertz CT molecular complexity index is 1350. The summed E-state index contributed by atoms with van der Waals surface area (Å²) in [6.07, 6.45) is -3.90. The number of para-hydroxylation sites is 3. The lowest BCUT2D eigenvalue weighted by molar-refractivity contribution is 0.0749. The number of aromatic nitrogens is 3. The molecule has 222 valence electrons. The number of hydrogen-bond donors (Lipinski definition) is 3. The van der Waals surface area contributed by atoms with Crippen LogP contribution in [0.15, 0.2) is 105 Å². The van der Waals surface area contributed by atoms with Crippen molar-refractivity contribution < 1.29 is 29.5 Å². The zero-order valence-electron chi connectivity index (χ0n) is 22.8. The quantitative estimate of drug-likeness (QED) is 0.183. The maximum atomic E-state index is 13.3. The van der Waals surface area contributed by atoms with Crippen molar-refractivity contribution in [1.29, 1.82) is 0 Å². The predicted molar refractivity (Wildman–Crippen MR) is 153 cm³/mol. The molecular formula is C30H33N3O9. The number of aliphatic hydroxyl groups excluding tert-OH is 3. The van der Waals surface area contributed by atoms with Gasteiger partial charge in [-0.3, -0.25) is 0 Å². The van der Waals surface area contributed by atoms with Crippen molar-refractivity contribution in [3.8, 4) is 17.2 Å². The highest BCUT2D eigenvalue weighted by atomic mass is 16.5. The number of rotatable bonds is 15. The Kier molecular flexibility index (Phi) is 10.7. The Balaban J connectivity index is 1.55. The normalized spacial score (nSPS) is 13.2. The molecule has 0 radical (unpaired) electrons. The van der Waals surface area contributed by atoms with E-state index in [1.807, 2.05) is 0 Å². The highest BCUT2D eigenvalue weighted by molar-refractivity contribution is 5.22. The van der Waals surface area contributed by atoms with Gasteiger partial charge in [0.1, 0.15) is 55.4 Å². The highest BCUT2D eigenvalue weighted by Crippen LogP contribution is 2.10. The molecule has 0 aliphatic carbocycles. The minimum Gasteiger partial charge on any atom is -0.491 e. The summed E-state index contributed by atoms with van der Waals surface area (Å²) < 4.78 is 18.6. The highest BCUT2D eigenvalue weighted by Gasteiger charge is 2.22. The van der Waals surface area contributed by atoms with Gasteiger partial charge >= 0.3 is 17.1 Å². The van der Waals surface area contributed by atoms with E-state index >= 15 is 0 Å². The summed E-state index contributed by atoms with van der Waals surface area (Å²) >= 11 is 0. The standard InChI is InChI=1S/C30H33N3O9/c34-22(19-40-25-10-4-1-5-11-25)16-31-28(37)32(17-23(35)20-41-26-12-6-2-7-13-26)30(39)33(29(31)38)18-24(36)21-42-27-14-8-3-9-15-27/h1-15,22-24,34-36H,16-21H2. The average Bonchev–Trinajstić information content (AvgIpc) is 3.02. The number of hydrogen-bond acceptors (Lipinski definition) is 9. The zero-order chi connectivity index (χ0) is 29.9. The molecule has 12 nitrogen and oxygen atoms in total. The Hall–Kier alpha value is -4.65. The van der Waals surface area contributed by atoms with Crippen LogP contribution in [0.25, 0.3) is 0 Å². The molecule has 0 spiro atoms. The lowest BCUT2D eigenvalue weighted by Crippen LogP contribution is -2.57. The fourth-order valence-corrected chi connectivity index (χ4v) is 4.07. The maximum absolute atomic E-state index is 13.3. The van der Waals surface area contributed by atoms with Crippen molar-refractivity contribution in [3.05, 3.63) is 122 Å². The van der Waals surface area contributed by atoms with Gasteiger partial charge in [0, 0.05) is 0 Å². The smallest absolute Gasteiger partial charge is 0.336 e. The first-order chi connectivity index (χ1) is 20.3. The minimum absolute atomic E-state index is 0.240. The van der Waals surface area contributed by atoms with Gasteiger partial charge in [0.15, 0.2) is 0 Å². The van der Waals surface area contributed by atoms with Crippen LogP contribution < -0.4 is 31.3 Å². The van der Waals surface area contributed by atoms with Gasteiger partial charge in [-0.1, -0.05) is 54.6 Å². The van der Waals surface area contributed by atoms with E-state index in [0.29, 0.717) is 30.9 Å². The number of benzene rings is 3. The molecule has 4 aromatic rings. The van der Waals surface area contributed by atoms with Crippen molar-refractivity contribution >= 4 is 0 Å². The Morgan fingerprint density at radius 3 is 0.929 bits per heavy atom. The van der Waals surface area contributed by atoms with Crippen LogP contribution in [0, 0.1) is 0 Å². The molecule has 0 aliphatic heterocycles. The van der Waals surface area contributed by atoms with Crippen LogP contribution in [0.3, 0.4) is 0 Å². The Labute approximate surface area is 240 Å². The molecular weight excluding hydrogens is 546 g/mol. The van der Waals surface area contributed by atoms with Crippen molar-refractivity contribution in [2.24, 2.45) is 0 Å². The van der Waals surface area contributed by atoms with Crippen LogP contribution in [0.5, 0.6) is 17.2 Å². The van der Waals surface area contributed by atoms with Crippen molar-refractivity contribution in [2.45, 2.75) is 37.9 Å². The molecule has 3 aromatic carbocycles. The number of ether oxygens (including phenoxy) is 3. The summed E-state index contributed by atoms with van der Waals surface area (Å²) in [5.41, 5.74) is -3.10. The van der Waals surface area contributed by atoms with Crippen LogP contribution in [-0.2, 0) is 19.6 Å². The molecule has 0 aliphatic rings. The fourth-order valence-electron chi connectivity index (χ4n) is 4.07. The lowest BCUT2D eigenvalue weighted by Gasteiger charge is -2.20. The van der Waals surface area contributed by atoms with E-state index in [4.69, 9.17) is 14.2 Å². The summed E-state index contributed by atoms with van der Waals surface area (Å²) in [6, 6.07) is 26.0. The average molecular weight is 580 g/mol. The van der Waals surface area contributed by atoms with E-state index in [-0.39, 0.29) is 19.8 Å². The largest absolute Gasteiger partial charge is 0.491 e. The summed E-state index contributed by atoms with van der Waals surface area (Å²) in [5.74, 6) is 1.44. The van der Waals surface area contributed by atoms with Gasteiger partial charge in [-0.2, -0.15) is 0 Å². The summed E-state index contributed by atoms with van der Waals surface area (Å²) in [5, 5.41) is 31.8.